The average molecular weight is 239 g/mol. The first-order valence-electron chi connectivity index (χ1n) is 5.00. The molecule has 0 aliphatic heterocycles. The van der Waals surface area contributed by atoms with Crippen molar-refractivity contribution in [1.29, 1.82) is 0 Å². The molecule has 1 rings (SSSR count). The lowest BCUT2D eigenvalue weighted by Gasteiger charge is -2.26. The second-order valence-corrected chi connectivity index (χ2v) is 4.47. The number of esters is 1. The highest BCUT2D eigenvalue weighted by Crippen LogP contribution is 2.24. The molecule has 1 aromatic carbocycles. The second kappa shape index (κ2) is 5.37. The Hall–Kier alpha value is -1.00. The molecule has 0 saturated carbocycles. The fourth-order valence-corrected chi connectivity index (χ4v) is 1.90. The molecule has 0 saturated heterocycles. The highest BCUT2D eigenvalue weighted by molar-refractivity contribution is 7.98. The maximum atomic E-state index is 11.7. The van der Waals surface area contributed by atoms with Gasteiger partial charge in [0.2, 0.25) is 0 Å². The smallest absolute Gasteiger partial charge is 0.330 e. The Morgan fingerprint density at radius 2 is 1.94 bits per heavy atom. The zero-order valence-electron chi connectivity index (χ0n) is 10.0. The number of carbonyl (C=O) groups excluding carboxylic acids is 1. The molecule has 3 nitrogen and oxygen atoms in total. The molecule has 4 heteroatoms. The SMILES string of the molecule is CNC(C)(C(=O)OC)c1ccc(SC)cc1. The first-order valence-corrected chi connectivity index (χ1v) is 6.22. The van der Waals surface area contributed by atoms with Gasteiger partial charge in [-0.1, -0.05) is 12.1 Å². The maximum Gasteiger partial charge on any atom is 0.330 e. The van der Waals surface area contributed by atoms with Crippen molar-refractivity contribution in [2.75, 3.05) is 20.4 Å². The molecule has 16 heavy (non-hydrogen) atoms. The molecule has 0 aliphatic rings. The van der Waals surface area contributed by atoms with E-state index in [2.05, 4.69) is 5.32 Å². The first kappa shape index (κ1) is 13.1. The van der Waals surface area contributed by atoms with Crippen LogP contribution in [0.25, 0.3) is 0 Å². The summed E-state index contributed by atoms with van der Waals surface area (Å²) in [7, 11) is 3.15. The largest absolute Gasteiger partial charge is 0.467 e. The van der Waals surface area contributed by atoms with Gasteiger partial charge in [-0.2, -0.15) is 0 Å². The summed E-state index contributed by atoms with van der Waals surface area (Å²) >= 11 is 1.67. The fraction of sp³-hybridized carbons (Fsp3) is 0.417. The highest BCUT2D eigenvalue weighted by Gasteiger charge is 2.34. The number of nitrogens with one attached hydrogen (secondary N) is 1. The van der Waals surface area contributed by atoms with Gasteiger partial charge in [-0.05, 0) is 37.9 Å². The molecule has 0 fully saturated rings. The van der Waals surface area contributed by atoms with Crippen LogP contribution in [0.4, 0.5) is 0 Å². The number of ether oxygens (including phenoxy) is 1. The van der Waals surface area contributed by atoms with Crippen LogP contribution in [0.2, 0.25) is 0 Å². The molecular formula is C12H17NO2S. The predicted octanol–water partition coefficient (Wildman–Crippen LogP) is 2.02. The molecule has 0 bridgehead atoms. The van der Waals surface area contributed by atoms with Gasteiger partial charge in [0.1, 0.15) is 5.54 Å². The molecule has 0 aliphatic carbocycles. The van der Waals surface area contributed by atoms with E-state index < -0.39 is 5.54 Å². The molecule has 0 heterocycles. The Morgan fingerprint density at radius 3 is 2.31 bits per heavy atom. The van der Waals surface area contributed by atoms with Crippen molar-refractivity contribution in [3.05, 3.63) is 29.8 Å². The third-order valence-electron chi connectivity index (χ3n) is 2.76. The first-order chi connectivity index (χ1) is 7.58. The monoisotopic (exact) mass is 239 g/mol. The summed E-state index contributed by atoms with van der Waals surface area (Å²) in [5, 5.41) is 3.00. The minimum absolute atomic E-state index is 0.285. The van der Waals surface area contributed by atoms with Crippen LogP contribution in [0, 0.1) is 0 Å². The number of methoxy groups -OCH3 is 1. The molecule has 88 valence electrons. The van der Waals surface area contributed by atoms with Gasteiger partial charge in [-0.25, -0.2) is 4.79 Å². The minimum atomic E-state index is -0.786. The van der Waals surface area contributed by atoms with E-state index in [1.54, 1.807) is 18.8 Å². The predicted molar refractivity (Wildman–Crippen MR) is 66.7 cm³/mol. The van der Waals surface area contributed by atoms with Gasteiger partial charge in [0.05, 0.1) is 7.11 Å². The zero-order valence-corrected chi connectivity index (χ0v) is 10.9. The summed E-state index contributed by atoms with van der Waals surface area (Å²) in [5.74, 6) is -0.285. The lowest BCUT2D eigenvalue weighted by Crippen LogP contribution is -2.45. The second-order valence-electron chi connectivity index (χ2n) is 3.60. The fourth-order valence-electron chi connectivity index (χ4n) is 1.49. The lowest BCUT2D eigenvalue weighted by atomic mass is 9.92. The molecule has 0 spiro atoms. The van der Waals surface area contributed by atoms with E-state index in [1.807, 2.05) is 37.4 Å². The average Bonchev–Trinajstić information content (AvgIpc) is 2.36. The van der Waals surface area contributed by atoms with E-state index >= 15 is 0 Å². The summed E-state index contributed by atoms with van der Waals surface area (Å²) in [5.41, 5.74) is 0.116. The van der Waals surface area contributed by atoms with Gasteiger partial charge in [0, 0.05) is 4.90 Å². The summed E-state index contributed by atoms with van der Waals surface area (Å²) in [6.45, 7) is 1.81. The minimum Gasteiger partial charge on any atom is -0.467 e. The van der Waals surface area contributed by atoms with Crippen LogP contribution >= 0.6 is 11.8 Å². The molecule has 1 atom stereocenters. The van der Waals surface area contributed by atoms with Crippen LogP contribution in [-0.4, -0.2) is 26.4 Å². The third-order valence-corrected chi connectivity index (χ3v) is 3.50. The van der Waals surface area contributed by atoms with Crippen LogP contribution in [0.3, 0.4) is 0 Å². The maximum absolute atomic E-state index is 11.7. The Morgan fingerprint density at radius 1 is 1.38 bits per heavy atom. The molecule has 1 unspecified atom stereocenters. The van der Waals surface area contributed by atoms with E-state index in [9.17, 15) is 4.79 Å². The standard InChI is InChI=1S/C12H17NO2S/c1-12(13-2,11(14)15-3)9-5-7-10(16-4)8-6-9/h5-8,13H,1-4H3. The van der Waals surface area contributed by atoms with Gasteiger partial charge in [0.25, 0.3) is 0 Å². The number of hydrogen-bond acceptors (Lipinski definition) is 4. The van der Waals surface area contributed by atoms with E-state index in [-0.39, 0.29) is 5.97 Å². The number of benzene rings is 1. The van der Waals surface area contributed by atoms with E-state index in [0.29, 0.717) is 0 Å². The summed E-state index contributed by atoms with van der Waals surface area (Å²) in [4.78, 5) is 12.9. The van der Waals surface area contributed by atoms with Crippen molar-refractivity contribution in [1.82, 2.24) is 5.32 Å². The van der Waals surface area contributed by atoms with Crippen molar-refractivity contribution < 1.29 is 9.53 Å². The van der Waals surface area contributed by atoms with Crippen LogP contribution in [0.1, 0.15) is 12.5 Å². The topological polar surface area (TPSA) is 38.3 Å². The highest BCUT2D eigenvalue weighted by atomic mass is 32.2. The Labute approximate surface area is 101 Å². The van der Waals surface area contributed by atoms with Gasteiger partial charge in [0.15, 0.2) is 0 Å². The number of hydrogen-bond donors (Lipinski definition) is 1. The third kappa shape index (κ3) is 2.39. The Kier molecular flexibility index (Phi) is 4.38. The van der Waals surface area contributed by atoms with Gasteiger partial charge in [-0.15, -0.1) is 11.8 Å². The van der Waals surface area contributed by atoms with Crippen molar-refractivity contribution in [2.45, 2.75) is 17.4 Å². The van der Waals surface area contributed by atoms with Gasteiger partial charge >= 0.3 is 5.97 Å². The molecular weight excluding hydrogens is 222 g/mol. The Balaban J connectivity index is 3.07. The van der Waals surface area contributed by atoms with Crippen molar-refractivity contribution >= 4 is 17.7 Å². The van der Waals surface area contributed by atoms with Crippen molar-refractivity contribution in [3.8, 4) is 0 Å². The number of rotatable bonds is 4. The van der Waals surface area contributed by atoms with Gasteiger partial charge < -0.3 is 10.1 Å². The van der Waals surface area contributed by atoms with Crippen LogP contribution in [0.5, 0.6) is 0 Å². The number of carbonyl (C=O) groups is 1. The number of likely N-dealkylation sites (N-methyl/N-ethyl adjacent to an activating group) is 1. The van der Waals surface area contributed by atoms with E-state index in [4.69, 9.17) is 4.74 Å². The quantitative estimate of drug-likeness (QED) is 0.644. The molecule has 1 N–H and O–H groups in total. The normalized spacial score (nSPS) is 14.2. The van der Waals surface area contributed by atoms with Gasteiger partial charge in [-0.3, -0.25) is 0 Å². The van der Waals surface area contributed by atoms with Crippen molar-refractivity contribution in [3.63, 3.8) is 0 Å². The molecule has 1 aromatic rings. The summed E-state index contributed by atoms with van der Waals surface area (Å²) < 4.78 is 4.81. The van der Waals surface area contributed by atoms with Crippen LogP contribution in [-0.2, 0) is 15.1 Å². The molecule has 0 aromatic heterocycles. The zero-order chi connectivity index (χ0) is 12.2. The molecule has 0 amide bonds. The van der Waals surface area contributed by atoms with Crippen molar-refractivity contribution in [2.24, 2.45) is 0 Å². The summed E-state index contributed by atoms with van der Waals surface area (Å²) in [6.07, 6.45) is 2.02. The van der Waals surface area contributed by atoms with E-state index in [0.717, 1.165) is 5.56 Å². The summed E-state index contributed by atoms with van der Waals surface area (Å²) in [6, 6.07) is 7.88. The molecule has 0 radical (unpaired) electrons. The van der Waals surface area contributed by atoms with Crippen LogP contribution in [0.15, 0.2) is 29.2 Å². The van der Waals surface area contributed by atoms with E-state index in [1.165, 1.54) is 12.0 Å². The van der Waals surface area contributed by atoms with Crippen LogP contribution < -0.4 is 5.32 Å². The lowest BCUT2D eigenvalue weighted by molar-refractivity contribution is -0.148. The Bertz CT molecular complexity index is 364. The number of thioether (sulfide) groups is 1.